The summed E-state index contributed by atoms with van der Waals surface area (Å²) in [5.41, 5.74) is 5.07. The number of rotatable bonds is 4. The van der Waals surface area contributed by atoms with Crippen LogP contribution >= 0.6 is 0 Å². The van der Waals surface area contributed by atoms with Crippen LogP contribution in [0.3, 0.4) is 0 Å². The first kappa shape index (κ1) is 18.2. The first-order chi connectivity index (χ1) is 12.4. The van der Waals surface area contributed by atoms with Crippen molar-refractivity contribution >= 4 is 11.8 Å². The minimum absolute atomic E-state index is 0.0224. The van der Waals surface area contributed by atoms with Crippen LogP contribution in [0, 0.1) is 20.8 Å². The van der Waals surface area contributed by atoms with Gasteiger partial charge in [-0.05, 0) is 51.3 Å². The summed E-state index contributed by atoms with van der Waals surface area (Å²) < 4.78 is 0. The van der Waals surface area contributed by atoms with Gasteiger partial charge in [-0.25, -0.2) is 0 Å². The van der Waals surface area contributed by atoms with Crippen LogP contribution in [0.2, 0.25) is 0 Å². The van der Waals surface area contributed by atoms with E-state index >= 15 is 0 Å². The zero-order chi connectivity index (χ0) is 18.7. The van der Waals surface area contributed by atoms with E-state index in [2.05, 4.69) is 36.5 Å². The predicted molar refractivity (Wildman–Crippen MR) is 103 cm³/mol. The van der Waals surface area contributed by atoms with E-state index in [4.69, 9.17) is 0 Å². The first-order valence-corrected chi connectivity index (χ1v) is 9.16. The smallest absolute Gasteiger partial charge is 0.251 e. The first-order valence-electron chi connectivity index (χ1n) is 9.16. The molecular weight excluding hydrogens is 324 g/mol. The fraction of sp³-hybridized carbons (Fsp3) is 0.364. The maximum atomic E-state index is 12.7. The van der Waals surface area contributed by atoms with Crippen molar-refractivity contribution in [3.63, 3.8) is 0 Å². The van der Waals surface area contributed by atoms with Crippen LogP contribution in [0.4, 0.5) is 0 Å². The molecule has 1 fully saturated rings. The van der Waals surface area contributed by atoms with Gasteiger partial charge in [0.05, 0.1) is 12.6 Å². The van der Waals surface area contributed by atoms with E-state index in [0.717, 1.165) is 30.5 Å². The SMILES string of the molecule is Cc1ccc(C2CCCN2C(=O)CNC(=O)c2cc(C)cc(C)c2)cc1. The lowest BCUT2D eigenvalue weighted by atomic mass is 10.0. The van der Waals surface area contributed by atoms with Crippen molar-refractivity contribution in [2.24, 2.45) is 0 Å². The van der Waals surface area contributed by atoms with Crippen LogP contribution < -0.4 is 5.32 Å². The van der Waals surface area contributed by atoms with Gasteiger partial charge in [0.15, 0.2) is 0 Å². The zero-order valence-corrected chi connectivity index (χ0v) is 15.7. The Bertz CT molecular complexity index is 791. The van der Waals surface area contributed by atoms with E-state index in [-0.39, 0.29) is 24.4 Å². The molecule has 1 atom stereocenters. The molecule has 4 nitrogen and oxygen atoms in total. The molecular formula is C22H26N2O2. The quantitative estimate of drug-likeness (QED) is 0.914. The average Bonchev–Trinajstić information content (AvgIpc) is 3.09. The van der Waals surface area contributed by atoms with Crippen molar-refractivity contribution < 1.29 is 9.59 Å². The van der Waals surface area contributed by atoms with Crippen molar-refractivity contribution in [2.75, 3.05) is 13.1 Å². The van der Waals surface area contributed by atoms with E-state index in [1.165, 1.54) is 11.1 Å². The fourth-order valence-electron chi connectivity index (χ4n) is 3.67. The molecule has 1 saturated heterocycles. The Morgan fingerprint density at radius 3 is 2.31 bits per heavy atom. The average molecular weight is 350 g/mol. The number of amides is 2. The third-order valence-electron chi connectivity index (χ3n) is 4.92. The number of carbonyl (C=O) groups is 2. The van der Waals surface area contributed by atoms with E-state index in [1.54, 1.807) is 0 Å². The summed E-state index contributed by atoms with van der Waals surface area (Å²) in [6, 6.07) is 14.2. The van der Waals surface area contributed by atoms with Crippen molar-refractivity contribution in [1.82, 2.24) is 10.2 Å². The molecule has 1 N–H and O–H groups in total. The van der Waals surface area contributed by atoms with Crippen LogP contribution in [-0.2, 0) is 4.79 Å². The summed E-state index contributed by atoms with van der Waals surface area (Å²) in [7, 11) is 0. The van der Waals surface area contributed by atoms with E-state index in [1.807, 2.05) is 36.9 Å². The molecule has 0 radical (unpaired) electrons. The van der Waals surface area contributed by atoms with Gasteiger partial charge in [0.25, 0.3) is 5.91 Å². The molecule has 2 aromatic carbocycles. The number of carbonyl (C=O) groups excluding carboxylic acids is 2. The molecule has 1 unspecified atom stereocenters. The number of likely N-dealkylation sites (tertiary alicyclic amines) is 1. The van der Waals surface area contributed by atoms with Crippen molar-refractivity contribution in [3.8, 4) is 0 Å². The molecule has 0 aromatic heterocycles. The number of aryl methyl sites for hydroxylation is 3. The van der Waals surface area contributed by atoms with Crippen LogP contribution in [0.25, 0.3) is 0 Å². The Kier molecular flexibility index (Phi) is 5.40. The lowest BCUT2D eigenvalue weighted by Gasteiger charge is -2.25. The minimum atomic E-state index is -0.198. The number of hydrogen-bond acceptors (Lipinski definition) is 2. The van der Waals surface area contributed by atoms with E-state index < -0.39 is 0 Å². The topological polar surface area (TPSA) is 49.4 Å². The second-order valence-electron chi connectivity index (χ2n) is 7.21. The molecule has 0 saturated carbocycles. The Morgan fingerprint density at radius 1 is 1.00 bits per heavy atom. The summed E-state index contributed by atoms with van der Waals surface area (Å²) in [6.45, 7) is 6.77. The highest BCUT2D eigenvalue weighted by Crippen LogP contribution is 2.31. The Morgan fingerprint density at radius 2 is 1.65 bits per heavy atom. The Labute approximate surface area is 155 Å². The van der Waals surface area contributed by atoms with Crippen molar-refractivity contribution in [2.45, 2.75) is 39.7 Å². The molecule has 136 valence electrons. The second kappa shape index (κ2) is 7.73. The van der Waals surface area contributed by atoms with Crippen molar-refractivity contribution in [1.29, 1.82) is 0 Å². The molecule has 3 rings (SSSR count). The molecule has 2 aromatic rings. The molecule has 1 aliphatic rings. The summed E-state index contributed by atoms with van der Waals surface area (Å²) in [5, 5.41) is 2.78. The lowest BCUT2D eigenvalue weighted by Crippen LogP contribution is -2.39. The minimum Gasteiger partial charge on any atom is -0.343 e. The standard InChI is InChI=1S/C22H26N2O2/c1-15-6-8-18(9-7-15)20-5-4-10-24(20)21(25)14-23-22(26)19-12-16(2)11-17(3)13-19/h6-9,11-13,20H,4-5,10,14H2,1-3H3,(H,23,26). The molecule has 0 aliphatic carbocycles. The summed E-state index contributed by atoms with van der Waals surface area (Å²) in [4.78, 5) is 26.9. The van der Waals surface area contributed by atoms with Gasteiger partial charge in [0, 0.05) is 12.1 Å². The largest absolute Gasteiger partial charge is 0.343 e. The predicted octanol–water partition coefficient (Wildman–Crippen LogP) is 3.71. The monoisotopic (exact) mass is 350 g/mol. The van der Waals surface area contributed by atoms with Crippen LogP contribution in [0.5, 0.6) is 0 Å². The third kappa shape index (κ3) is 4.13. The van der Waals surface area contributed by atoms with Gasteiger partial charge in [0.1, 0.15) is 0 Å². The summed E-state index contributed by atoms with van der Waals surface area (Å²) >= 11 is 0. The third-order valence-corrected chi connectivity index (χ3v) is 4.92. The number of nitrogens with zero attached hydrogens (tertiary/aromatic N) is 1. The maximum Gasteiger partial charge on any atom is 0.251 e. The lowest BCUT2D eigenvalue weighted by molar-refractivity contribution is -0.131. The van der Waals surface area contributed by atoms with Crippen LogP contribution in [0.1, 0.15) is 51.5 Å². The molecule has 1 aliphatic heterocycles. The van der Waals surface area contributed by atoms with Gasteiger partial charge in [-0.3, -0.25) is 9.59 Å². The molecule has 0 bridgehead atoms. The van der Waals surface area contributed by atoms with Gasteiger partial charge in [0.2, 0.25) is 5.91 Å². The highest BCUT2D eigenvalue weighted by atomic mass is 16.2. The second-order valence-corrected chi connectivity index (χ2v) is 7.21. The maximum absolute atomic E-state index is 12.7. The van der Waals surface area contributed by atoms with Gasteiger partial charge in [-0.1, -0.05) is 47.0 Å². The zero-order valence-electron chi connectivity index (χ0n) is 15.7. The van der Waals surface area contributed by atoms with Crippen LogP contribution in [0.15, 0.2) is 42.5 Å². The highest BCUT2D eigenvalue weighted by molar-refractivity contribution is 5.96. The Balaban J connectivity index is 1.63. The molecule has 2 amide bonds. The van der Waals surface area contributed by atoms with Gasteiger partial charge < -0.3 is 10.2 Å². The number of nitrogens with one attached hydrogen (secondary N) is 1. The number of hydrogen-bond donors (Lipinski definition) is 1. The normalized spacial score (nSPS) is 16.6. The number of benzene rings is 2. The van der Waals surface area contributed by atoms with Gasteiger partial charge in [-0.15, -0.1) is 0 Å². The van der Waals surface area contributed by atoms with Crippen LogP contribution in [-0.4, -0.2) is 29.8 Å². The van der Waals surface area contributed by atoms with Gasteiger partial charge >= 0.3 is 0 Å². The van der Waals surface area contributed by atoms with E-state index in [0.29, 0.717) is 5.56 Å². The highest BCUT2D eigenvalue weighted by Gasteiger charge is 2.29. The molecule has 0 spiro atoms. The molecule has 1 heterocycles. The summed E-state index contributed by atoms with van der Waals surface area (Å²) in [5.74, 6) is -0.220. The Hall–Kier alpha value is -2.62. The van der Waals surface area contributed by atoms with Gasteiger partial charge in [-0.2, -0.15) is 0 Å². The van der Waals surface area contributed by atoms with Crippen molar-refractivity contribution in [3.05, 3.63) is 70.3 Å². The van der Waals surface area contributed by atoms with E-state index in [9.17, 15) is 9.59 Å². The molecule has 4 heteroatoms. The molecule has 26 heavy (non-hydrogen) atoms. The summed E-state index contributed by atoms with van der Waals surface area (Å²) in [6.07, 6.45) is 1.97. The fourth-order valence-corrected chi connectivity index (χ4v) is 3.67.